The predicted molar refractivity (Wildman–Crippen MR) is 93.3 cm³/mol. The van der Waals surface area contributed by atoms with Crippen molar-refractivity contribution in [1.82, 2.24) is 4.98 Å². The number of hydrogen-bond donors (Lipinski definition) is 1. The van der Waals surface area contributed by atoms with E-state index in [9.17, 15) is 9.18 Å². The fraction of sp³-hybridized carbons (Fsp3) is 0.550. The quantitative estimate of drug-likeness (QED) is 0.563. The van der Waals surface area contributed by atoms with Crippen LogP contribution >= 0.6 is 0 Å². The molecule has 1 aliphatic carbocycles. The van der Waals surface area contributed by atoms with Crippen molar-refractivity contribution in [2.24, 2.45) is 5.92 Å². The SMILES string of the molecule is O=C(CCC1CCCCC1)OCCCc1c[nH]c2ccc(F)cc12. The number of halogens is 1. The largest absolute Gasteiger partial charge is 0.466 e. The molecule has 0 bridgehead atoms. The summed E-state index contributed by atoms with van der Waals surface area (Å²) in [5.41, 5.74) is 2.01. The molecule has 1 aliphatic rings. The van der Waals surface area contributed by atoms with Crippen molar-refractivity contribution in [2.75, 3.05) is 6.61 Å². The fourth-order valence-electron chi connectivity index (χ4n) is 3.68. The van der Waals surface area contributed by atoms with Gasteiger partial charge in [-0.1, -0.05) is 32.1 Å². The van der Waals surface area contributed by atoms with Crippen LogP contribution in [-0.2, 0) is 16.0 Å². The van der Waals surface area contributed by atoms with Crippen LogP contribution in [-0.4, -0.2) is 17.6 Å². The van der Waals surface area contributed by atoms with Crippen LogP contribution in [0.2, 0.25) is 0 Å². The minimum Gasteiger partial charge on any atom is -0.466 e. The molecular weight excluding hydrogens is 305 g/mol. The summed E-state index contributed by atoms with van der Waals surface area (Å²) in [7, 11) is 0. The Bertz CT molecular complexity index is 673. The minimum atomic E-state index is -0.225. The van der Waals surface area contributed by atoms with E-state index in [-0.39, 0.29) is 11.8 Å². The van der Waals surface area contributed by atoms with E-state index in [1.165, 1.54) is 38.2 Å². The van der Waals surface area contributed by atoms with E-state index in [0.29, 0.717) is 18.9 Å². The van der Waals surface area contributed by atoms with E-state index < -0.39 is 0 Å². The van der Waals surface area contributed by atoms with Crippen LogP contribution in [0.25, 0.3) is 10.9 Å². The summed E-state index contributed by atoms with van der Waals surface area (Å²) in [5, 5.41) is 0.915. The number of hydrogen-bond acceptors (Lipinski definition) is 2. The van der Waals surface area contributed by atoms with Gasteiger partial charge in [0, 0.05) is 23.5 Å². The molecule has 1 aromatic heterocycles. The number of carbonyl (C=O) groups excluding carboxylic acids is 1. The zero-order valence-corrected chi connectivity index (χ0v) is 14.2. The van der Waals surface area contributed by atoms with Crippen molar-refractivity contribution >= 4 is 16.9 Å². The first-order valence-corrected chi connectivity index (χ1v) is 9.13. The molecule has 0 amide bonds. The molecular formula is C20H26FNO2. The molecule has 0 atom stereocenters. The van der Waals surface area contributed by atoms with Gasteiger partial charge in [0.05, 0.1) is 6.61 Å². The highest BCUT2D eigenvalue weighted by Crippen LogP contribution is 2.27. The molecule has 4 heteroatoms. The Balaban J connectivity index is 1.36. The van der Waals surface area contributed by atoms with E-state index >= 15 is 0 Å². The van der Waals surface area contributed by atoms with E-state index in [1.54, 1.807) is 12.1 Å². The lowest BCUT2D eigenvalue weighted by atomic mass is 9.86. The maximum atomic E-state index is 13.3. The normalized spacial score (nSPS) is 15.7. The van der Waals surface area contributed by atoms with E-state index in [4.69, 9.17) is 4.74 Å². The Morgan fingerprint density at radius 2 is 2.08 bits per heavy atom. The zero-order chi connectivity index (χ0) is 16.8. The number of aromatic amines is 1. The third-order valence-electron chi connectivity index (χ3n) is 5.06. The number of rotatable bonds is 7. The van der Waals surface area contributed by atoms with E-state index in [1.807, 2.05) is 6.20 Å². The van der Waals surface area contributed by atoms with Crippen LogP contribution in [0.15, 0.2) is 24.4 Å². The summed E-state index contributed by atoms with van der Waals surface area (Å²) in [4.78, 5) is 15.0. The molecule has 3 nitrogen and oxygen atoms in total. The first-order chi connectivity index (χ1) is 11.7. The van der Waals surface area contributed by atoms with Gasteiger partial charge in [0.15, 0.2) is 0 Å². The molecule has 1 aromatic carbocycles. The average molecular weight is 331 g/mol. The Morgan fingerprint density at radius 3 is 2.92 bits per heavy atom. The van der Waals surface area contributed by atoms with Crippen LogP contribution in [0.4, 0.5) is 4.39 Å². The number of carbonyl (C=O) groups is 1. The molecule has 1 fully saturated rings. The molecule has 1 heterocycles. The van der Waals surface area contributed by atoms with Crippen molar-refractivity contribution in [3.63, 3.8) is 0 Å². The molecule has 1 N–H and O–H groups in total. The number of aromatic nitrogens is 1. The second-order valence-electron chi connectivity index (χ2n) is 6.87. The summed E-state index contributed by atoms with van der Waals surface area (Å²) in [6.07, 6.45) is 11.5. The van der Waals surface area contributed by atoms with Gasteiger partial charge in [-0.25, -0.2) is 4.39 Å². The molecule has 130 valence electrons. The Kier molecular flexibility index (Phi) is 5.89. The van der Waals surface area contributed by atoms with Crippen molar-refractivity contribution < 1.29 is 13.9 Å². The smallest absolute Gasteiger partial charge is 0.305 e. The van der Waals surface area contributed by atoms with Crippen LogP contribution in [0.1, 0.15) is 56.9 Å². The highest BCUT2D eigenvalue weighted by molar-refractivity contribution is 5.83. The van der Waals surface area contributed by atoms with Gasteiger partial charge < -0.3 is 9.72 Å². The molecule has 0 unspecified atom stereocenters. The monoisotopic (exact) mass is 331 g/mol. The lowest BCUT2D eigenvalue weighted by Crippen LogP contribution is -2.11. The Hall–Kier alpha value is -1.84. The number of aryl methyl sites for hydroxylation is 1. The first kappa shape index (κ1) is 17.0. The fourth-order valence-corrected chi connectivity index (χ4v) is 3.68. The third-order valence-corrected chi connectivity index (χ3v) is 5.06. The van der Waals surface area contributed by atoms with E-state index in [0.717, 1.165) is 35.7 Å². The second kappa shape index (κ2) is 8.32. The third kappa shape index (κ3) is 4.59. The van der Waals surface area contributed by atoms with Crippen molar-refractivity contribution in [2.45, 2.75) is 57.8 Å². The number of H-pyrrole nitrogens is 1. The Morgan fingerprint density at radius 1 is 1.25 bits per heavy atom. The Labute approximate surface area is 142 Å². The van der Waals surface area contributed by atoms with Crippen molar-refractivity contribution in [3.05, 3.63) is 35.8 Å². The average Bonchev–Trinajstić information content (AvgIpc) is 3.00. The maximum absolute atomic E-state index is 13.3. The lowest BCUT2D eigenvalue weighted by molar-refractivity contribution is -0.144. The first-order valence-electron chi connectivity index (χ1n) is 9.13. The van der Waals surface area contributed by atoms with Crippen molar-refractivity contribution in [1.29, 1.82) is 0 Å². The van der Waals surface area contributed by atoms with Gasteiger partial charge in [-0.15, -0.1) is 0 Å². The van der Waals surface area contributed by atoms with Gasteiger partial charge >= 0.3 is 5.97 Å². The van der Waals surface area contributed by atoms with Crippen LogP contribution in [0.5, 0.6) is 0 Å². The van der Waals surface area contributed by atoms with Crippen LogP contribution in [0, 0.1) is 11.7 Å². The minimum absolute atomic E-state index is 0.0782. The summed E-state index contributed by atoms with van der Waals surface area (Å²) >= 11 is 0. The molecule has 0 spiro atoms. The van der Waals surface area contributed by atoms with Gasteiger partial charge in [0.25, 0.3) is 0 Å². The number of fused-ring (bicyclic) bond motifs is 1. The number of ether oxygens (including phenoxy) is 1. The van der Waals surface area contributed by atoms with E-state index in [2.05, 4.69) is 4.98 Å². The summed E-state index contributed by atoms with van der Waals surface area (Å²) in [5.74, 6) is 0.412. The summed E-state index contributed by atoms with van der Waals surface area (Å²) in [6.45, 7) is 0.436. The summed E-state index contributed by atoms with van der Waals surface area (Å²) < 4.78 is 18.7. The molecule has 0 saturated heterocycles. The number of benzene rings is 1. The molecule has 1 saturated carbocycles. The van der Waals surface area contributed by atoms with Gasteiger partial charge in [0.2, 0.25) is 0 Å². The van der Waals surface area contributed by atoms with Gasteiger partial charge in [-0.05, 0) is 48.9 Å². The zero-order valence-electron chi connectivity index (χ0n) is 14.2. The summed E-state index contributed by atoms with van der Waals surface area (Å²) in [6, 6.07) is 4.76. The number of esters is 1. The standard InChI is InChI=1S/C20H26FNO2/c21-17-9-10-19-18(13-17)16(14-22-19)7-4-12-24-20(23)11-8-15-5-2-1-3-6-15/h9-10,13-15,22H,1-8,11-12H2. The van der Waals surface area contributed by atoms with Gasteiger partial charge in [-0.3, -0.25) is 4.79 Å². The predicted octanol–water partition coefficient (Wildman–Crippen LogP) is 5.14. The highest BCUT2D eigenvalue weighted by Gasteiger charge is 2.15. The molecule has 2 aromatic rings. The van der Waals surface area contributed by atoms with Crippen molar-refractivity contribution in [3.8, 4) is 0 Å². The van der Waals surface area contributed by atoms with Crippen LogP contribution < -0.4 is 0 Å². The second-order valence-corrected chi connectivity index (χ2v) is 6.87. The number of nitrogens with one attached hydrogen (secondary N) is 1. The van der Waals surface area contributed by atoms with Crippen LogP contribution in [0.3, 0.4) is 0 Å². The highest BCUT2D eigenvalue weighted by atomic mass is 19.1. The molecule has 24 heavy (non-hydrogen) atoms. The molecule has 3 rings (SSSR count). The lowest BCUT2D eigenvalue weighted by Gasteiger charge is -2.20. The maximum Gasteiger partial charge on any atom is 0.305 e. The topological polar surface area (TPSA) is 42.1 Å². The molecule has 0 radical (unpaired) electrons. The van der Waals surface area contributed by atoms with Gasteiger partial charge in [0.1, 0.15) is 5.82 Å². The molecule has 0 aliphatic heterocycles. The van der Waals surface area contributed by atoms with Gasteiger partial charge in [-0.2, -0.15) is 0 Å².